The Hall–Kier alpha value is -1.58. The number of aromatic nitrogens is 1. The fraction of sp³-hybridized carbons (Fsp3) is 0.778. The molecule has 4 aliphatic rings. The lowest BCUT2D eigenvalue weighted by Crippen LogP contribution is -2.49. The highest BCUT2D eigenvalue weighted by Gasteiger charge is 2.50. The lowest BCUT2D eigenvalue weighted by Gasteiger charge is -2.57. The van der Waals surface area contributed by atoms with E-state index < -0.39 is 0 Å². The molecular formula is C27H43N3O. The summed E-state index contributed by atoms with van der Waals surface area (Å²) in [6.45, 7) is 7.05. The molecule has 0 saturated heterocycles. The molecule has 0 radical (unpaired) electrons. The minimum Gasteiger partial charge on any atom is -0.338 e. The first kappa shape index (κ1) is 22.6. The molecule has 0 aliphatic heterocycles. The number of urea groups is 1. The van der Waals surface area contributed by atoms with Crippen LogP contribution in [0.3, 0.4) is 0 Å². The summed E-state index contributed by atoms with van der Waals surface area (Å²) in [6, 6.07) is 4.30. The number of pyridine rings is 1. The molecule has 4 fully saturated rings. The van der Waals surface area contributed by atoms with Gasteiger partial charge in [0.2, 0.25) is 0 Å². The van der Waals surface area contributed by atoms with Gasteiger partial charge in [-0.1, -0.05) is 26.7 Å². The van der Waals surface area contributed by atoms with E-state index in [1.807, 2.05) is 12.4 Å². The van der Waals surface area contributed by atoms with E-state index in [9.17, 15) is 4.79 Å². The van der Waals surface area contributed by atoms with E-state index in [0.29, 0.717) is 11.3 Å². The van der Waals surface area contributed by atoms with Gasteiger partial charge in [0.25, 0.3) is 0 Å². The van der Waals surface area contributed by atoms with Crippen LogP contribution in [0.4, 0.5) is 4.79 Å². The summed E-state index contributed by atoms with van der Waals surface area (Å²) in [5, 5.41) is 3.26. The Balaban J connectivity index is 1.28. The Morgan fingerprint density at radius 2 is 1.74 bits per heavy atom. The molecule has 172 valence electrons. The van der Waals surface area contributed by atoms with Gasteiger partial charge in [-0.3, -0.25) is 4.98 Å². The third-order valence-corrected chi connectivity index (χ3v) is 8.33. The largest absolute Gasteiger partial charge is 0.338 e. The van der Waals surface area contributed by atoms with E-state index in [-0.39, 0.29) is 6.03 Å². The minimum absolute atomic E-state index is 0.155. The van der Waals surface area contributed by atoms with Crippen LogP contribution in [-0.4, -0.2) is 35.5 Å². The van der Waals surface area contributed by atoms with E-state index in [0.717, 1.165) is 50.2 Å². The summed E-state index contributed by atoms with van der Waals surface area (Å²) < 4.78 is 0. The fourth-order valence-corrected chi connectivity index (χ4v) is 7.20. The molecule has 4 heteroatoms. The third-order valence-electron chi connectivity index (χ3n) is 8.33. The molecule has 4 saturated carbocycles. The van der Waals surface area contributed by atoms with Crippen molar-refractivity contribution >= 4 is 6.03 Å². The zero-order valence-electron chi connectivity index (χ0n) is 19.8. The maximum Gasteiger partial charge on any atom is 0.317 e. The highest BCUT2D eigenvalue weighted by atomic mass is 16.2. The van der Waals surface area contributed by atoms with Crippen LogP contribution >= 0.6 is 0 Å². The van der Waals surface area contributed by atoms with E-state index in [2.05, 4.69) is 41.2 Å². The Morgan fingerprint density at radius 3 is 2.35 bits per heavy atom. The minimum atomic E-state index is 0.155. The highest BCUT2D eigenvalue weighted by molar-refractivity contribution is 5.74. The van der Waals surface area contributed by atoms with Crippen molar-refractivity contribution in [2.45, 2.75) is 84.5 Å². The SMILES string of the molecule is CCCCCN(CCC12CC3CC(CC(C3)C1)C2)C(=O)NCC(C)Cc1ccncc1. The van der Waals surface area contributed by atoms with Gasteiger partial charge in [0.15, 0.2) is 0 Å². The smallest absolute Gasteiger partial charge is 0.317 e. The van der Waals surface area contributed by atoms with Gasteiger partial charge in [0, 0.05) is 32.0 Å². The Kier molecular flexibility index (Phi) is 7.55. The number of nitrogens with one attached hydrogen (secondary N) is 1. The first-order valence-electron chi connectivity index (χ1n) is 13.0. The lowest BCUT2D eigenvalue weighted by molar-refractivity contribution is -0.0596. The van der Waals surface area contributed by atoms with Crippen LogP contribution in [0.25, 0.3) is 0 Å². The summed E-state index contributed by atoms with van der Waals surface area (Å²) >= 11 is 0. The van der Waals surface area contributed by atoms with Gasteiger partial charge >= 0.3 is 6.03 Å². The average molecular weight is 426 g/mol. The summed E-state index contributed by atoms with van der Waals surface area (Å²) in [5.41, 5.74) is 1.84. The number of unbranched alkanes of at least 4 members (excludes halogenated alkanes) is 2. The van der Waals surface area contributed by atoms with Crippen molar-refractivity contribution in [2.75, 3.05) is 19.6 Å². The zero-order chi connectivity index (χ0) is 21.7. The summed E-state index contributed by atoms with van der Waals surface area (Å²) in [7, 11) is 0. The normalized spacial score (nSPS) is 29.7. The Bertz CT molecular complexity index is 668. The summed E-state index contributed by atoms with van der Waals surface area (Å²) in [6.07, 6.45) is 18.2. The molecule has 4 nitrogen and oxygen atoms in total. The van der Waals surface area contributed by atoms with Gasteiger partial charge in [-0.05, 0) is 105 Å². The summed E-state index contributed by atoms with van der Waals surface area (Å²) in [5.74, 6) is 3.39. The average Bonchev–Trinajstić information content (AvgIpc) is 2.74. The molecule has 1 aromatic rings. The molecule has 4 aliphatic carbocycles. The monoisotopic (exact) mass is 425 g/mol. The van der Waals surface area contributed by atoms with E-state index in [1.54, 1.807) is 0 Å². The van der Waals surface area contributed by atoms with Gasteiger partial charge in [-0.25, -0.2) is 4.79 Å². The second kappa shape index (κ2) is 10.4. The molecule has 31 heavy (non-hydrogen) atoms. The molecule has 2 amide bonds. The van der Waals surface area contributed by atoms with Crippen molar-refractivity contribution < 1.29 is 4.79 Å². The predicted molar refractivity (Wildman–Crippen MR) is 127 cm³/mol. The number of carbonyl (C=O) groups is 1. The zero-order valence-corrected chi connectivity index (χ0v) is 19.8. The van der Waals surface area contributed by atoms with E-state index in [1.165, 1.54) is 63.4 Å². The van der Waals surface area contributed by atoms with Crippen LogP contribution in [-0.2, 0) is 6.42 Å². The van der Waals surface area contributed by atoms with Crippen LogP contribution < -0.4 is 5.32 Å². The second-order valence-electron chi connectivity index (χ2n) is 11.2. The van der Waals surface area contributed by atoms with Crippen LogP contribution in [0, 0.1) is 29.1 Å². The van der Waals surface area contributed by atoms with Crippen LogP contribution in [0.1, 0.15) is 83.6 Å². The molecule has 1 heterocycles. The van der Waals surface area contributed by atoms with Gasteiger partial charge < -0.3 is 10.2 Å². The maximum atomic E-state index is 13.1. The Morgan fingerprint density at radius 1 is 1.10 bits per heavy atom. The molecular weight excluding hydrogens is 382 g/mol. The van der Waals surface area contributed by atoms with Gasteiger partial charge in [-0.15, -0.1) is 0 Å². The number of nitrogens with zero attached hydrogens (tertiary/aromatic N) is 2. The second-order valence-corrected chi connectivity index (χ2v) is 11.2. The van der Waals surface area contributed by atoms with E-state index in [4.69, 9.17) is 0 Å². The molecule has 1 aromatic heterocycles. The Labute approximate surface area is 189 Å². The number of amides is 2. The molecule has 1 N–H and O–H groups in total. The first-order chi connectivity index (χ1) is 15.0. The van der Waals surface area contributed by atoms with Crippen LogP contribution in [0.2, 0.25) is 0 Å². The molecule has 1 unspecified atom stereocenters. The van der Waals surface area contributed by atoms with Gasteiger partial charge in [0.1, 0.15) is 0 Å². The van der Waals surface area contributed by atoms with Gasteiger partial charge in [-0.2, -0.15) is 0 Å². The number of carbonyl (C=O) groups excluding carboxylic acids is 1. The number of hydrogen-bond donors (Lipinski definition) is 1. The van der Waals surface area contributed by atoms with Crippen LogP contribution in [0.5, 0.6) is 0 Å². The lowest BCUT2D eigenvalue weighted by atomic mass is 9.49. The third kappa shape index (κ3) is 6.02. The van der Waals surface area contributed by atoms with Gasteiger partial charge in [0.05, 0.1) is 0 Å². The van der Waals surface area contributed by atoms with Crippen molar-refractivity contribution in [1.29, 1.82) is 0 Å². The van der Waals surface area contributed by atoms with Crippen LogP contribution in [0.15, 0.2) is 24.5 Å². The standard InChI is InChI=1S/C27H43N3O/c1-3-4-5-11-30(26(31)29-20-21(2)13-22-6-9-28-10-7-22)12-8-27-17-23-14-24(18-27)16-25(15-23)19-27/h6-7,9-10,21,23-25H,3-5,8,11-20H2,1-2H3,(H,29,31). The molecule has 4 bridgehead atoms. The van der Waals surface area contributed by atoms with Crippen molar-refractivity contribution in [3.63, 3.8) is 0 Å². The number of rotatable bonds is 11. The maximum absolute atomic E-state index is 13.1. The topological polar surface area (TPSA) is 45.2 Å². The van der Waals surface area contributed by atoms with Crippen molar-refractivity contribution in [2.24, 2.45) is 29.1 Å². The highest BCUT2D eigenvalue weighted by Crippen LogP contribution is 2.61. The van der Waals surface area contributed by atoms with E-state index >= 15 is 0 Å². The molecule has 5 rings (SSSR count). The molecule has 0 spiro atoms. The number of hydrogen-bond acceptors (Lipinski definition) is 2. The summed E-state index contributed by atoms with van der Waals surface area (Å²) in [4.78, 5) is 19.4. The quantitative estimate of drug-likeness (QED) is 0.437. The molecule has 0 aromatic carbocycles. The van der Waals surface area contributed by atoms with Crippen molar-refractivity contribution in [3.05, 3.63) is 30.1 Å². The van der Waals surface area contributed by atoms with Crippen molar-refractivity contribution in [3.8, 4) is 0 Å². The van der Waals surface area contributed by atoms with Crippen molar-refractivity contribution in [1.82, 2.24) is 15.2 Å². The molecule has 1 atom stereocenters. The fourth-order valence-electron chi connectivity index (χ4n) is 7.20. The predicted octanol–water partition coefficient (Wildman–Crippen LogP) is 6.07. The first-order valence-corrected chi connectivity index (χ1v) is 13.0.